The molecule has 0 heterocycles. The van der Waals surface area contributed by atoms with Crippen molar-refractivity contribution in [3.8, 4) is 5.75 Å². The normalized spacial score (nSPS) is 12.1. The van der Waals surface area contributed by atoms with Crippen LogP contribution in [-0.2, 0) is 9.59 Å². The highest BCUT2D eigenvalue weighted by atomic mass is 19.1. The molecule has 110 valence electrons. The lowest BCUT2D eigenvalue weighted by molar-refractivity contribution is -0.143. The van der Waals surface area contributed by atoms with Crippen LogP contribution >= 0.6 is 0 Å². The lowest BCUT2D eigenvalue weighted by atomic mass is 10.1. The number of carbonyl (C=O) groups is 2. The SMILES string of the molecule is CC(C)[C@H](NC(=O)COc1ccc(F)cc1F)C(=O)O. The number of benzene rings is 1. The second-order valence-electron chi connectivity index (χ2n) is 4.49. The molecule has 0 aliphatic heterocycles. The molecule has 1 aromatic carbocycles. The van der Waals surface area contributed by atoms with Gasteiger partial charge in [0.2, 0.25) is 0 Å². The molecule has 1 rings (SSSR count). The molecular weight excluding hydrogens is 272 g/mol. The van der Waals surface area contributed by atoms with Crippen LogP contribution in [0.15, 0.2) is 18.2 Å². The summed E-state index contributed by atoms with van der Waals surface area (Å²) in [5.41, 5.74) is 0. The number of aliphatic carboxylic acids is 1. The van der Waals surface area contributed by atoms with E-state index in [0.717, 1.165) is 12.1 Å². The summed E-state index contributed by atoms with van der Waals surface area (Å²) in [4.78, 5) is 22.4. The van der Waals surface area contributed by atoms with Crippen molar-refractivity contribution in [2.75, 3.05) is 6.61 Å². The molecule has 0 saturated carbocycles. The topological polar surface area (TPSA) is 75.6 Å². The highest BCUT2D eigenvalue weighted by Gasteiger charge is 2.23. The van der Waals surface area contributed by atoms with Crippen LogP contribution in [0.3, 0.4) is 0 Å². The fourth-order valence-electron chi connectivity index (χ4n) is 1.46. The zero-order chi connectivity index (χ0) is 15.3. The van der Waals surface area contributed by atoms with Gasteiger partial charge in [-0.15, -0.1) is 0 Å². The number of carbonyl (C=O) groups excluding carboxylic acids is 1. The lowest BCUT2D eigenvalue weighted by Crippen LogP contribution is -2.46. The fourth-order valence-corrected chi connectivity index (χ4v) is 1.46. The van der Waals surface area contributed by atoms with E-state index in [9.17, 15) is 18.4 Å². The highest BCUT2D eigenvalue weighted by molar-refractivity contribution is 5.84. The Labute approximate surface area is 114 Å². The first-order valence-corrected chi connectivity index (χ1v) is 5.91. The maximum atomic E-state index is 13.2. The largest absolute Gasteiger partial charge is 0.481 e. The van der Waals surface area contributed by atoms with Crippen molar-refractivity contribution >= 4 is 11.9 Å². The maximum absolute atomic E-state index is 13.2. The van der Waals surface area contributed by atoms with E-state index >= 15 is 0 Å². The standard InChI is InChI=1S/C13H15F2NO4/c1-7(2)12(13(18)19)16-11(17)6-20-10-4-3-8(14)5-9(10)15/h3-5,7,12H,6H2,1-2H3,(H,16,17)(H,18,19)/t12-/m0/s1. The Hall–Kier alpha value is -2.18. The Bertz CT molecular complexity index is 505. The number of hydrogen-bond acceptors (Lipinski definition) is 3. The zero-order valence-corrected chi connectivity index (χ0v) is 11.0. The minimum atomic E-state index is -1.17. The minimum Gasteiger partial charge on any atom is -0.481 e. The number of carboxylic acid groups (broad SMARTS) is 1. The van der Waals surface area contributed by atoms with Crippen molar-refractivity contribution in [3.63, 3.8) is 0 Å². The molecule has 0 unspecified atom stereocenters. The predicted molar refractivity (Wildman–Crippen MR) is 66.3 cm³/mol. The van der Waals surface area contributed by atoms with Gasteiger partial charge in [0.1, 0.15) is 11.9 Å². The summed E-state index contributed by atoms with van der Waals surface area (Å²) in [7, 11) is 0. The van der Waals surface area contributed by atoms with Gasteiger partial charge < -0.3 is 15.2 Å². The Morgan fingerprint density at radius 2 is 2.00 bits per heavy atom. The van der Waals surface area contributed by atoms with Crippen LogP contribution in [0, 0.1) is 17.6 Å². The number of halogens is 2. The van der Waals surface area contributed by atoms with Gasteiger partial charge in [-0.05, 0) is 18.1 Å². The molecule has 1 aromatic rings. The average molecular weight is 287 g/mol. The van der Waals surface area contributed by atoms with E-state index in [4.69, 9.17) is 9.84 Å². The third-order valence-electron chi connectivity index (χ3n) is 2.50. The first-order valence-electron chi connectivity index (χ1n) is 5.91. The van der Waals surface area contributed by atoms with E-state index in [1.54, 1.807) is 13.8 Å². The van der Waals surface area contributed by atoms with Crippen LogP contribution in [0.2, 0.25) is 0 Å². The zero-order valence-electron chi connectivity index (χ0n) is 11.0. The summed E-state index contributed by atoms with van der Waals surface area (Å²) in [5, 5.41) is 11.2. The van der Waals surface area contributed by atoms with E-state index in [-0.39, 0.29) is 11.7 Å². The summed E-state index contributed by atoms with van der Waals surface area (Å²) in [5.74, 6) is -4.14. The quantitative estimate of drug-likeness (QED) is 0.832. The van der Waals surface area contributed by atoms with E-state index in [1.165, 1.54) is 0 Å². The van der Waals surface area contributed by atoms with Gasteiger partial charge in [0.25, 0.3) is 5.91 Å². The third kappa shape index (κ3) is 4.49. The molecule has 0 bridgehead atoms. The number of nitrogens with one attached hydrogen (secondary N) is 1. The van der Waals surface area contributed by atoms with E-state index in [2.05, 4.69) is 5.32 Å². The van der Waals surface area contributed by atoms with Crippen LogP contribution in [0.5, 0.6) is 5.75 Å². The fraction of sp³-hybridized carbons (Fsp3) is 0.385. The van der Waals surface area contributed by atoms with Gasteiger partial charge in [-0.25, -0.2) is 13.6 Å². The summed E-state index contributed by atoms with van der Waals surface area (Å²) in [6.07, 6.45) is 0. The van der Waals surface area contributed by atoms with Crippen molar-refractivity contribution in [1.29, 1.82) is 0 Å². The number of ether oxygens (including phenoxy) is 1. The molecular formula is C13H15F2NO4. The van der Waals surface area contributed by atoms with Gasteiger partial charge in [0, 0.05) is 6.07 Å². The van der Waals surface area contributed by atoms with E-state index in [0.29, 0.717) is 6.07 Å². The van der Waals surface area contributed by atoms with Crippen LogP contribution < -0.4 is 10.1 Å². The van der Waals surface area contributed by atoms with E-state index < -0.39 is 36.2 Å². The van der Waals surface area contributed by atoms with Gasteiger partial charge in [0.15, 0.2) is 18.2 Å². The first kappa shape index (κ1) is 15.9. The van der Waals surface area contributed by atoms with Crippen LogP contribution in [0.4, 0.5) is 8.78 Å². The second kappa shape index (κ2) is 6.83. The molecule has 0 spiro atoms. The van der Waals surface area contributed by atoms with Gasteiger partial charge in [-0.3, -0.25) is 4.79 Å². The van der Waals surface area contributed by atoms with Gasteiger partial charge in [-0.1, -0.05) is 13.8 Å². The summed E-state index contributed by atoms with van der Waals surface area (Å²) < 4.78 is 30.8. The molecule has 5 nitrogen and oxygen atoms in total. The Balaban J connectivity index is 2.57. The number of rotatable bonds is 6. The summed E-state index contributed by atoms with van der Waals surface area (Å²) in [6.45, 7) is 2.72. The maximum Gasteiger partial charge on any atom is 0.326 e. The number of carboxylic acids is 1. The Morgan fingerprint density at radius 3 is 2.50 bits per heavy atom. The Kier molecular flexibility index (Phi) is 5.42. The van der Waals surface area contributed by atoms with Crippen molar-refractivity contribution in [2.45, 2.75) is 19.9 Å². The molecule has 1 atom stereocenters. The van der Waals surface area contributed by atoms with Crippen LogP contribution in [0.25, 0.3) is 0 Å². The van der Waals surface area contributed by atoms with Gasteiger partial charge >= 0.3 is 5.97 Å². The molecule has 7 heteroatoms. The molecule has 0 aliphatic carbocycles. The van der Waals surface area contributed by atoms with Gasteiger partial charge in [-0.2, -0.15) is 0 Å². The average Bonchev–Trinajstić information content (AvgIpc) is 2.34. The Morgan fingerprint density at radius 1 is 1.35 bits per heavy atom. The molecule has 0 saturated heterocycles. The highest BCUT2D eigenvalue weighted by Crippen LogP contribution is 2.17. The number of amides is 1. The van der Waals surface area contributed by atoms with Crippen molar-refractivity contribution in [3.05, 3.63) is 29.8 Å². The van der Waals surface area contributed by atoms with Crippen molar-refractivity contribution < 1.29 is 28.2 Å². The first-order chi connectivity index (χ1) is 9.31. The molecule has 0 aromatic heterocycles. The van der Waals surface area contributed by atoms with E-state index in [1.807, 2.05) is 0 Å². The molecule has 20 heavy (non-hydrogen) atoms. The summed E-state index contributed by atoms with van der Waals surface area (Å²) >= 11 is 0. The van der Waals surface area contributed by atoms with Crippen LogP contribution in [-0.4, -0.2) is 29.6 Å². The summed E-state index contributed by atoms with van der Waals surface area (Å²) in [6, 6.07) is 1.62. The van der Waals surface area contributed by atoms with Crippen molar-refractivity contribution in [2.24, 2.45) is 5.92 Å². The van der Waals surface area contributed by atoms with Crippen molar-refractivity contribution in [1.82, 2.24) is 5.32 Å². The smallest absolute Gasteiger partial charge is 0.326 e. The van der Waals surface area contributed by atoms with Gasteiger partial charge in [0.05, 0.1) is 0 Å². The molecule has 0 radical (unpaired) electrons. The lowest BCUT2D eigenvalue weighted by Gasteiger charge is -2.18. The molecule has 2 N–H and O–H groups in total. The monoisotopic (exact) mass is 287 g/mol. The molecule has 0 fully saturated rings. The second-order valence-corrected chi connectivity index (χ2v) is 4.49. The molecule has 0 aliphatic rings. The minimum absolute atomic E-state index is 0.280. The predicted octanol–water partition coefficient (Wildman–Crippen LogP) is 1.57. The van der Waals surface area contributed by atoms with Crippen LogP contribution in [0.1, 0.15) is 13.8 Å². The third-order valence-corrected chi connectivity index (χ3v) is 2.50. The number of hydrogen-bond donors (Lipinski definition) is 2. The molecule has 1 amide bonds.